The van der Waals surface area contributed by atoms with Crippen molar-refractivity contribution in [3.63, 3.8) is 0 Å². The normalized spacial score (nSPS) is 12.1. The van der Waals surface area contributed by atoms with Crippen LogP contribution in [-0.2, 0) is 6.42 Å². The summed E-state index contributed by atoms with van der Waals surface area (Å²) in [6, 6.07) is 20.7. The van der Waals surface area contributed by atoms with Crippen LogP contribution in [0.5, 0.6) is 0 Å². The van der Waals surface area contributed by atoms with Gasteiger partial charge in [0.1, 0.15) is 0 Å². The highest BCUT2D eigenvalue weighted by Crippen LogP contribution is 2.43. The van der Waals surface area contributed by atoms with Crippen molar-refractivity contribution in [1.82, 2.24) is 0 Å². The molecule has 2 heteroatoms. The zero-order valence-electron chi connectivity index (χ0n) is 11.2. The topological polar surface area (TPSA) is 0 Å². The van der Waals surface area contributed by atoms with E-state index in [4.69, 9.17) is 23.2 Å². The first-order chi connectivity index (χ1) is 10.2. The van der Waals surface area contributed by atoms with Gasteiger partial charge >= 0.3 is 0 Å². The second-order valence-corrected chi connectivity index (χ2v) is 6.13. The fraction of sp³-hybridized carbons (Fsp3) is 0.0526. The molecule has 0 radical (unpaired) electrons. The van der Waals surface area contributed by atoms with Crippen LogP contribution in [0.2, 0.25) is 10.0 Å². The maximum Gasteiger partial charge on any atom is 0.0447 e. The monoisotopic (exact) mass is 310 g/mol. The van der Waals surface area contributed by atoms with Gasteiger partial charge in [-0.1, -0.05) is 65.7 Å². The Bertz CT molecular complexity index is 835. The van der Waals surface area contributed by atoms with Crippen LogP contribution >= 0.6 is 23.2 Å². The predicted octanol–water partition coefficient (Wildman–Crippen LogP) is 6.23. The van der Waals surface area contributed by atoms with Gasteiger partial charge in [-0.3, -0.25) is 0 Å². The van der Waals surface area contributed by atoms with Crippen LogP contribution in [-0.4, -0.2) is 0 Å². The summed E-state index contributed by atoms with van der Waals surface area (Å²) in [5, 5.41) is 1.59. The van der Waals surface area contributed by atoms with Crippen molar-refractivity contribution >= 4 is 23.2 Å². The van der Waals surface area contributed by atoms with E-state index in [2.05, 4.69) is 42.5 Å². The average molecular weight is 311 g/mol. The molecule has 0 saturated carbocycles. The largest absolute Gasteiger partial charge is 0.0843 e. The third-order valence-corrected chi connectivity index (χ3v) is 4.65. The van der Waals surface area contributed by atoms with E-state index in [-0.39, 0.29) is 0 Å². The van der Waals surface area contributed by atoms with Crippen molar-refractivity contribution < 1.29 is 0 Å². The number of hydrogen-bond donors (Lipinski definition) is 0. The molecule has 0 saturated heterocycles. The van der Waals surface area contributed by atoms with Crippen molar-refractivity contribution in [3.8, 4) is 22.3 Å². The van der Waals surface area contributed by atoms with Gasteiger partial charge in [0.05, 0.1) is 0 Å². The van der Waals surface area contributed by atoms with Gasteiger partial charge in [0, 0.05) is 16.5 Å². The van der Waals surface area contributed by atoms with Gasteiger partial charge in [0.15, 0.2) is 0 Å². The third-order valence-electron chi connectivity index (χ3n) is 4.07. The molecule has 0 aliphatic heterocycles. The Balaban J connectivity index is 2.13. The zero-order valence-corrected chi connectivity index (χ0v) is 12.7. The summed E-state index contributed by atoms with van der Waals surface area (Å²) in [6.45, 7) is 0. The molecule has 3 aromatic carbocycles. The van der Waals surface area contributed by atoms with E-state index in [0.29, 0.717) is 0 Å². The number of fused-ring (bicyclic) bond motifs is 5. The average Bonchev–Trinajstić information content (AvgIpc) is 2.64. The van der Waals surface area contributed by atoms with Crippen LogP contribution < -0.4 is 0 Å². The van der Waals surface area contributed by atoms with Gasteiger partial charge in [-0.05, 0) is 51.6 Å². The molecule has 0 amide bonds. The Kier molecular flexibility index (Phi) is 3.02. The number of hydrogen-bond acceptors (Lipinski definition) is 0. The fourth-order valence-electron chi connectivity index (χ4n) is 3.09. The molecule has 4 rings (SSSR count). The molecule has 0 unspecified atom stereocenters. The zero-order chi connectivity index (χ0) is 14.4. The van der Waals surface area contributed by atoms with Crippen molar-refractivity contribution in [2.75, 3.05) is 0 Å². The standard InChI is InChI=1S/C19H12Cl2/c20-13-9-8-12-10-18-16(6-3-7-19(18)21)14-4-1-2-5-15(14)17(12)11-13/h1-9,11H,10H2. The van der Waals surface area contributed by atoms with Gasteiger partial charge in [0.2, 0.25) is 0 Å². The van der Waals surface area contributed by atoms with Crippen molar-refractivity contribution in [3.05, 3.63) is 81.8 Å². The molecule has 1 aliphatic rings. The molecule has 102 valence electrons. The quantitative estimate of drug-likeness (QED) is 0.361. The molecule has 0 heterocycles. The molecular weight excluding hydrogens is 299 g/mol. The molecule has 0 N–H and O–H groups in total. The van der Waals surface area contributed by atoms with Crippen LogP contribution in [0, 0.1) is 0 Å². The van der Waals surface area contributed by atoms with Gasteiger partial charge in [-0.25, -0.2) is 0 Å². The molecule has 0 bridgehead atoms. The number of rotatable bonds is 0. The Hall–Kier alpha value is -1.76. The van der Waals surface area contributed by atoms with Crippen LogP contribution in [0.15, 0.2) is 60.7 Å². The van der Waals surface area contributed by atoms with E-state index in [9.17, 15) is 0 Å². The van der Waals surface area contributed by atoms with Crippen LogP contribution in [0.3, 0.4) is 0 Å². The first kappa shape index (κ1) is 12.9. The summed E-state index contributed by atoms with van der Waals surface area (Å²) in [7, 11) is 0. The Morgan fingerprint density at radius 2 is 1.38 bits per heavy atom. The van der Waals surface area contributed by atoms with E-state index < -0.39 is 0 Å². The smallest absolute Gasteiger partial charge is 0.0447 e. The number of halogens is 2. The lowest BCUT2D eigenvalue weighted by molar-refractivity contribution is 1.21. The Morgan fingerprint density at radius 1 is 0.667 bits per heavy atom. The van der Waals surface area contributed by atoms with Gasteiger partial charge in [0.25, 0.3) is 0 Å². The van der Waals surface area contributed by atoms with E-state index in [0.717, 1.165) is 16.5 Å². The Morgan fingerprint density at radius 3 is 2.19 bits per heavy atom. The van der Waals surface area contributed by atoms with Crippen LogP contribution in [0.1, 0.15) is 11.1 Å². The number of benzene rings is 3. The van der Waals surface area contributed by atoms with Crippen LogP contribution in [0.4, 0.5) is 0 Å². The SMILES string of the molecule is Clc1ccc2c(c1)-c1ccccc1-c1cccc(Cl)c1C2. The lowest BCUT2D eigenvalue weighted by atomic mass is 9.95. The summed E-state index contributed by atoms with van der Waals surface area (Å²) in [4.78, 5) is 0. The van der Waals surface area contributed by atoms with Crippen LogP contribution in [0.25, 0.3) is 22.3 Å². The molecular formula is C19H12Cl2. The maximum absolute atomic E-state index is 6.45. The Labute approximate surface area is 134 Å². The van der Waals surface area contributed by atoms with E-state index in [1.54, 1.807) is 0 Å². The summed E-state index contributed by atoms with van der Waals surface area (Å²) >= 11 is 12.7. The predicted molar refractivity (Wildman–Crippen MR) is 90.1 cm³/mol. The van der Waals surface area contributed by atoms with Crippen molar-refractivity contribution in [1.29, 1.82) is 0 Å². The highest BCUT2D eigenvalue weighted by atomic mass is 35.5. The van der Waals surface area contributed by atoms with Crippen molar-refractivity contribution in [2.24, 2.45) is 0 Å². The molecule has 0 atom stereocenters. The second kappa shape index (κ2) is 4.91. The summed E-state index contributed by atoms with van der Waals surface area (Å²) in [5.41, 5.74) is 7.30. The highest BCUT2D eigenvalue weighted by Gasteiger charge is 2.20. The molecule has 0 nitrogen and oxygen atoms in total. The van der Waals surface area contributed by atoms with Crippen molar-refractivity contribution in [2.45, 2.75) is 6.42 Å². The molecule has 0 fully saturated rings. The maximum atomic E-state index is 6.45. The minimum Gasteiger partial charge on any atom is -0.0843 e. The summed E-state index contributed by atoms with van der Waals surface area (Å²) in [6.07, 6.45) is 0.830. The minimum atomic E-state index is 0.764. The van der Waals surface area contributed by atoms with E-state index in [1.807, 2.05) is 18.2 Å². The minimum absolute atomic E-state index is 0.764. The second-order valence-electron chi connectivity index (χ2n) is 5.29. The molecule has 0 aromatic heterocycles. The molecule has 21 heavy (non-hydrogen) atoms. The van der Waals surface area contributed by atoms with E-state index >= 15 is 0 Å². The first-order valence-corrected chi connectivity index (χ1v) is 7.65. The summed E-state index contributed by atoms with van der Waals surface area (Å²) < 4.78 is 0. The molecule has 1 aliphatic carbocycles. The molecule has 0 spiro atoms. The first-order valence-electron chi connectivity index (χ1n) is 6.89. The van der Waals surface area contributed by atoms with Gasteiger partial charge in [-0.15, -0.1) is 0 Å². The lowest BCUT2D eigenvalue weighted by Gasteiger charge is -2.10. The molecule has 3 aromatic rings. The fourth-order valence-corrected chi connectivity index (χ4v) is 3.50. The highest BCUT2D eigenvalue weighted by molar-refractivity contribution is 6.32. The third kappa shape index (κ3) is 2.07. The lowest BCUT2D eigenvalue weighted by Crippen LogP contribution is -1.91. The van der Waals surface area contributed by atoms with Gasteiger partial charge in [-0.2, -0.15) is 0 Å². The van der Waals surface area contributed by atoms with Gasteiger partial charge < -0.3 is 0 Å². The van der Waals surface area contributed by atoms with E-state index in [1.165, 1.54) is 33.4 Å². The summed E-state index contributed by atoms with van der Waals surface area (Å²) in [5.74, 6) is 0.